The molecular weight excluding hydrogens is 254 g/mol. The van der Waals surface area contributed by atoms with Gasteiger partial charge >= 0.3 is 0 Å². The Morgan fingerprint density at radius 2 is 2.15 bits per heavy atom. The van der Waals surface area contributed by atoms with E-state index in [9.17, 15) is 9.59 Å². The monoisotopic (exact) mass is 275 g/mol. The molecule has 2 amide bonds. The van der Waals surface area contributed by atoms with Gasteiger partial charge in [-0.05, 0) is 50.9 Å². The molecule has 1 heterocycles. The highest BCUT2D eigenvalue weighted by Gasteiger charge is 2.34. The molecule has 20 heavy (non-hydrogen) atoms. The lowest BCUT2D eigenvalue weighted by molar-refractivity contribution is -0.125. The highest BCUT2D eigenvalue weighted by molar-refractivity contribution is 6.00. The number of anilines is 1. The molecule has 0 bridgehead atoms. The summed E-state index contributed by atoms with van der Waals surface area (Å²) in [6, 6.07) is 5.18. The Morgan fingerprint density at radius 3 is 2.75 bits per heavy atom. The predicted octanol–water partition coefficient (Wildman–Crippen LogP) is 1.42. The molecule has 5 heteroatoms. The van der Waals surface area contributed by atoms with Crippen LogP contribution in [0.25, 0.3) is 0 Å². The Hall–Kier alpha value is -1.88. The van der Waals surface area contributed by atoms with Crippen molar-refractivity contribution in [3.05, 3.63) is 29.3 Å². The van der Waals surface area contributed by atoms with Crippen LogP contribution in [-0.4, -0.2) is 24.9 Å². The fourth-order valence-corrected chi connectivity index (χ4v) is 2.56. The van der Waals surface area contributed by atoms with Crippen molar-refractivity contribution < 1.29 is 9.59 Å². The average molecular weight is 275 g/mol. The highest BCUT2D eigenvalue weighted by Crippen LogP contribution is 2.28. The summed E-state index contributed by atoms with van der Waals surface area (Å²) < 4.78 is 0. The lowest BCUT2D eigenvalue weighted by Gasteiger charge is -2.32. The molecule has 5 nitrogen and oxygen atoms in total. The van der Waals surface area contributed by atoms with E-state index in [0.29, 0.717) is 23.4 Å². The van der Waals surface area contributed by atoms with E-state index in [1.807, 2.05) is 6.92 Å². The van der Waals surface area contributed by atoms with Gasteiger partial charge in [-0.1, -0.05) is 6.07 Å². The highest BCUT2D eigenvalue weighted by atomic mass is 16.2. The summed E-state index contributed by atoms with van der Waals surface area (Å²) in [5.41, 5.74) is 6.71. The zero-order valence-corrected chi connectivity index (χ0v) is 12.0. The average Bonchev–Trinajstić information content (AvgIpc) is 2.41. The van der Waals surface area contributed by atoms with Gasteiger partial charge in [-0.3, -0.25) is 9.59 Å². The molecule has 0 aliphatic carbocycles. The molecule has 1 fully saturated rings. The molecule has 1 saturated heterocycles. The first-order valence-electron chi connectivity index (χ1n) is 6.86. The van der Waals surface area contributed by atoms with Crippen LogP contribution in [0.2, 0.25) is 0 Å². The molecule has 0 saturated carbocycles. The number of nitrogens with one attached hydrogen (secondary N) is 2. The summed E-state index contributed by atoms with van der Waals surface area (Å²) in [5.74, 6) is -0.501. The molecule has 2 rings (SSSR count). The largest absolute Gasteiger partial charge is 0.366 e. The molecule has 1 aromatic rings. The second-order valence-corrected chi connectivity index (χ2v) is 5.64. The van der Waals surface area contributed by atoms with Crippen LogP contribution < -0.4 is 16.4 Å². The molecule has 1 aliphatic rings. The molecular formula is C15H21N3O2. The number of piperidine rings is 1. The maximum atomic E-state index is 12.5. The topological polar surface area (TPSA) is 84.2 Å². The van der Waals surface area contributed by atoms with Crippen molar-refractivity contribution in [1.29, 1.82) is 0 Å². The van der Waals surface area contributed by atoms with Crippen molar-refractivity contribution in [1.82, 2.24) is 5.32 Å². The summed E-state index contributed by atoms with van der Waals surface area (Å²) >= 11 is 0. The fourth-order valence-electron chi connectivity index (χ4n) is 2.56. The van der Waals surface area contributed by atoms with Crippen LogP contribution in [0, 0.1) is 12.3 Å². The quantitative estimate of drug-likeness (QED) is 0.780. The summed E-state index contributed by atoms with van der Waals surface area (Å²) in [7, 11) is 0. The van der Waals surface area contributed by atoms with Gasteiger partial charge in [0, 0.05) is 17.8 Å². The minimum Gasteiger partial charge on any atom is -0.366 e. The zero-order chi connectivity index (χ0) is 14.8. The Labute approximate surface area is 118 Å². The van der Waals surface area contributed by atoms with E-state index in [1.165, 1.54) is 0 Å². The van der Waals surface area contributed by atoms with Gasteiger partial charge in [0.05, 0.1) is 5.41 Å². The fraction of sp³-hybridized carbons (Fsp3) is 0.467. The van der Waals surface area contributed by atoms with E-state index in [1.54, 1.807) is 25.1 Å². The Morgan fingerprint density at radius 1 is 1.40 bits per heavy atom. The van der Waals surface area contributed by atoms with Crippen LogP contribution in [0.5, 0.6) is 0 Å². The molecule has 1 aliphatic heterocycles. The maximum absolute atomic E-state index is 12.5. The van der Waals surface area contributed by atoms with Crippen LogP contribution in [-0.2, 0) is 4.79 Å². The lowest BCUT2D eigenvalue weighted by Crippen LogP contribution is -2.46. The second kappa shape index (κ2) is 5.63. The molecule has 0 radical (unpaired) electrons. The molecule has 1 atom stereocenters. The van der Waals surface area contributed by atoms with Crippen LogP contribution in [0.15, 0.2) is 18.2 Å². The predicted molar refractivity (Wildman–Crippen MR) is 78.5 cm³/mol. The number of amides is 2. The first kappa shape index (κ1) is 14.5. The third kappa shape index (κ3) is 2.82. The van der Waals surface area contributed by atoms with Crippen LogP contribution in [0.1, 0.15) is 35.7 Å². The standard InChI is InChI=1S/C15H21N3O2/c1-10-11(13(16)19)5-3-6-12(10)18-14(20)15(2)7-4-8-17-9-15/h3,5-6,17H,4,7-9H2,1-2H3,(H2,16,19)(H,18,20). The molecule has 4 N–H and O–H groups in total. The Balaban J connectivity index is 2.19. The summed E-state index contributed by atoms with van der Waals surface area (Å²) in [5, 5.41) is 6.18. The van der Waals surface area contributed by atoms with Gasteiger partial charge in [0.2, 0.25) is 11.8 Å². The van der Waals surface area contributed by atoms with Crippen molar-refractivity contribution in [3.8, 4) is 0 Å². The van der Waals surface area contributed by atoms with Gasteiger partial charge in [0.1, 0.15) is 0 Å². The van der Waals surface area contributed by atoms with Crippen molar-refractivity contribution >= 4 is 17.5 Å². The first-order valence-corrected chi connectivity index (χ1v) is 6.86. The second-order valence-electron chi connectivity index (χ2n) is 5.64. The van der Waals surface area contributed by atoms with E-state index in [-0.39, 0.29) is 5.91 Å². The molecule has 0 aromatic heterocycles. The third-order valence-electron chi connectivity index (χ3n) is 3.99. The van der Waals surface area contributed by atoms with Gasteiger partial charge in [-0.25, -0.2) is 0 Å². The minimum absolute atomic E-state index is 0.0191. The van der Waals surface area contributed by atoms with Crippen molar-refractivity contribution in [2.45, 2.75) is 26.7 Å². The normalized spacial score (nSPS) is 22.3. The number of nitrogens with two attached hydrogens (primary N) is 1. The minimum atomic E-state index is -0.482. The number of primary amides is 1. The van der Waals surface area contributed by atoms with E-state index >= 15 is 0 Å². The van der Waals surface area contributed by atoms with E-state index in [2.05, 4.69) is 10.6 Å². The SMILES string of the molecule is Cc1c(NC(=O)C2(C)CCCNC2)cccc1C(N)=O. The summed E-state index contributed by atoms with van der Waals surface area (Å²) in [6.45, 7) is 5.38. The number of hydrogen-bond donors (Lipinski definition) is 3. The van der Waals surface area contributed by atoms with Gasteiger partial charge < -0.3 is 16.4 Å². The number of hydrogen-bond acceptors (Lipinski definition) is 3. The van der Waals surface area contributed by atoms with E-state index < -0.39 is 11.3 Å². The van der Waals surface area contributed by atoms with E-state index in [0.717, 1.165) is 19.4 Å². The van der Waals surface area contributed by atoms with Gasteiger partial charge in [0.25, 0.3) is 0 Å². The summed E-state index contributed by atoms with van der Waals surface area (Å²) in [6.07, 6.45) is 1.85. The Kier molecular flexibility index (Phi) is 4.09. The number of benzene rings is 1. The first-order chi connectivity index (χ1) is 9.44. The molecule has 108 valence electrons. The Bertz CT molecular complexity index is 534. The van der Waals surface area contributed by atoms with Crippen LogP contribution in [0.4, 0.5) is 5.69 Å². The van der Waals surface area contributed by atoms with Crippen LogP contribution in [0.3, 0.4) is 0 Å². The molecule has 1 unspecified atom stereocenters. The number of rotatable bonds is 3. The van der Waals surface area contributed by atoms with Crippen LogP contribution >= 0.6 is 0 Å². The van der Waals surface area contributed by atoms with E-state index in [4.69, 9.17) is 5.73 Å². The number of carbonyl (C=O) groups excluding carboxylic acids is 2. The van der Waals surface area contributed by atoms with Crippen molar-refractivity contribution in [2.75, 3.05) is 18.4 Å². The lowest BCUT2D eigenvalue weighted by atomic mass is 9.82. The summed E-state index contributed by atoms with van der Waals surface area (Å²) in [4.78, 5) is 23.8. The van der Waals surface area contributed by atoms with Gasteiger partial charge in [-0.15, -0.1) is 0 Å². The van der Waals surface area contributed by atoms with Crippen molar-refractivity contribution in [3.63, 3.8) is 0 Å². The van der Waals surface area contributed by atoms with Gasteiger partial charge in [0.15, 0.2) is 0 Å². The maximum Gasteiger partial charge on any atom is 0.249 e. The zero-order valence-electron chi connectivity index (χ0n) is 12.0. The molecule has 1 aromatic carbocycles. The smallest absolute Gasteiger partial charge is 0.249 e. The third-order valence-corrected chi connectivity index (χ3v) is 3.99. The van der Waals surface area contributed by atoms with Crippen molar-refractivity contribution in [2.24, 2.45) is 11.1 Å². The number of carbonyl (C=O) groups is 2. The van der Waals surface area contributed by atoms with Gasteiger partial charge in [-0.2, -0.15) is 0 Å². The molecule has 0 spiro atoms.